The lowest BCUT2D eigenvalue weighted by Gasteiger charge is -2.27. The van der Waals surface area contributed by atoms with E-state index in [2.05, 4.69) is 67.8 Å². The molecule has 0 spiro atoms. The SMILES string of the molecule is CCCCCCCCCCCCCC/C=C\CCCCCCCCC(O)C(=O)NC(CO)C(O)C(O)CCC/C=C/CC/C=C/CC/C=C/CCCCCCCCCCCCCCCCCCCC. The zero-order valence-electron chi connectivity index (χ0n) is 46.1. The highest BCUT2D eigenvalue weighted by Crippen LogP contribution is 2.17. The summed E-state index contributed by atoms with van der Waals surface area (Å²) in [5.41, 5.74) is 0. The molecule has 0 aromatic rings. The van der Waals surface area contributed by atoms with Gasteiger partial charge in [-0.3, -0.25) is 4.79 Å². The average molecular weight is 971 g/mol. The molecule has 0 aliphatic rings. The first-order valence-corrected chi connectivity index (χ1v) is 30.5. The number of hydrogen-bond donors (Lipinski definition) is 5. The molecule has 0 radical (unpaired) electrons. The molecule has 6 heteroatoms. The third-order valence-electron chi connectivity index (χ3n) is 14.2. The van der Waals surface area contributed by atoms with Gasteiger partial charge in [0.15, 0.2) is 0 Å². The molecule has 6 nitrogen and oxygen atoms in total. The number of carbonyl (C=O) groups excluding carboxylic acids is 1. The summed E-state index contributed by atoms with van der Waals surface area (Å²) in [5.74, 6) is -0.602. The van der Waals surface area contributed by atoms with Crippen molar-refractivity contribution >= 4 is 5.91 Å². The van der Waals surface area contributed by atoms with Crippen LogP contribution < -0.4 is 5.32 Å². The summed E-state index contributed by atoms with van der Waals surface area (Å²) in [5, 5.41) is 44.0. The Kier molecular flexibility index (Phi) is 55.7. The van der Waals surface area contributed by atoms with Crippen LogP contribution in [-0.2, 0) is 4.79 Å². The van der Waals surface area contributed by atoms with Crippen LogP contribution in [0, 0.1) is 0 Å². The second kappa shape index (κ2) is 57.2. The van der Waals surface area contributed by atoms with Crippen molar-refractivity contribution in [1.82, 2.24) is 5.32 Å². The van der Waals surface area contributed by atoms with Gasteiger partial charge in [0.25, 0.3) is 0 Å². The highest BCUT2D eigenvalue weighted by Gasteiger charge is 2.28. The quantitative estimate of drug-likeness (QED) is 0.0308. The largest absolute Gasteiger partial charge is 0.394 e. The molecule has 0 aliphatic carbocycles. The molecule has 0 saturated heterocycles. The average Bonchev–Trinajstić information content (AvgIpc) is 3.35. The number of hydrogen-bond acceptors (Lipinski definition) is 5. The highest BCUT2D eigenvalue weighted by molar-refractivity contribution is 5.80. The Morgan fingerprint density at radius 2 is 0.609 bits per heavy atom. The van der Waals surface area contributed by atoms with Gasteiger partial charge in [0.2, 0.25) is 5.91 Å². The van der Waals surface area contributed by atoms with Crippen LogP contribution >= 0.6 is 0 Å². The molecule has 0 aromatic carbocycles. The van der Waals surface area contributed by atoms with Gasteiger partial charge in [0, 0.05) is 0 Å². The van der Waals surface area contributed by atoms with Crippen LogP contribution in [0.3, 0.4) is 0 Å². The minimum atomic E-state index is -1.30. The molecule has 4 atom stereocenters. The molecule has 0 saturated carbocycles. The molecular formula is C63H119NO5. The summed E-state index contributed by atoms with van der Waals surface area (Å²) in [4.78, 5) is 12.6. The zero-order chi connectivity index (χ0) is 50.2. The first-order valence-electron chi connectivity index (χ1n) is 30.5. The third-order valence-corrected chi connectivity index (χ3v) is 14.2. The molecule has 406 valence electrons. The van der Waals surface area contributed by atoms with E-state index < -0.39 is 36.9 Å². The Hall–Kier alpha value is -1.73. The number of amides is 1. The van der Waals surface area contributed by atoms with Crippen molar-refractivity contribution in [3.63, 3.8) is 0 Å². The van der Waals surface area contributed by atoms with Crippen molar-refractivity contribution in [2.75, 3.05) is 6.61 Å². The Morgan fingerprint density at radius 1 is 0.348 bits per heavy atom. The second-order valence-electron chi connectivity index (χ2n) is 21.0. The maximum Gasteiger partial charge on any atom is 0.249 e. The van der Waals surface area contributed by atoms with Crippen molar-refractivity contribution in [1.29, 1.82) is 0 Å². The van der Waals surface area contributed by atoms with Crippen LogP contribution in [-0.4, -0.2) is 57.3 Å². The molecule has 0 aliphatic heterocycles. The second-order valence-corrected chi connectivity index (χ2v) is 21.0. The molecule has 0 bridgehead atoms. The highest BCUT2D eigenvalue weighted by atomic mass is 16.3. The molecule has 69 heavy (non-hydrogen) atoms. The lowest BCUT2D eigenvalue weighted by molar-refractivity contribution is -0.132. The van der Waals surface area contributed by atoms with Crippen LogP contribution in [0.5, 0.6) is 0 Å². The summed E-state index contributed by atoms with van der Waals surface area (Å²) >= 11 is 0. The van der Waals surface area contributed by atoms with Crippen LogP contribution in [0.25, 0.3) is 0 Å². The molecule has 0 heterocycles. The minimum absolute atomic E-state index is 0.351. The van der Waals surface area contributed by atoms with Gasteiger partial charge in [-0.2, -0.15) is 0 Å². The zero-order valence-corrected chi connectivity index (χ0v) is 46.1. The standard InChI is InChI=1S/C63H119NO5/c1-3-5-7-9-11-13-15-17-19-21-23-25-27-28-29-30-31-32-33-34-35-37-38-40-42-44-46-48-50-52-54-56-60(66)62(68)59(58-65)64-63(69)61(67)57-55-53-51-49-47-45-43-41-39-36-26-24-22-20-18-16-14-12-10-8-6-4-2/h34-35,39-42,48,50,59-62,65-68H,3-33,36-38,43-47,49,51-58H2,1-2H3,(H,64,69)/b35-34+,41-39-,42-40+,50-48+. The summed E-state index contributed by atoms with van der Waals surface area (Å²) in [6.07, 6.45) is 73.4. The van der Waals surface area contributed by atoms with Gasteiger partial charge < -0.3 is 25.7 Å². The van der Waals surface area contributed by atoms with Crippen LogP contribution in [0.15, 0.2) is 48.6 Å². The third kappa shape index (κ3) is 51.0. The predicted octanol–water partition coefficient (Wildman–Crippen LogP) is 18.1. The first-order chi connectivity index (χ1) is 34.0. The van der Waals surface area contributed by atoms with Gasteiger partial charge in [0.05, 0.1) is 18.8 Å². The molecular weight excluding hydrogens is 851 g/mol. The number of carbonyl (C=O) groups is 1. The predicted molar refractivity (Wildman–Crippen MR) is 302 cm³/mol. The maximum atomic E-state index is 12.6. The van der Waals surface area contributed by atoms with Gasteiger partial charge in [-0.1, -0.05) is 274 Å². The minimum Gasteiger partial charge on any atom is -0.394 e. The monoisotopic (exact) mass is 970 g/mol. The molecule has 0 rings (SSSR count). The van der Waals surface area contributed by atoms with Crippen molar-refractivity contribution in [2.45, 2.75) is 340 Å². The number of rotatable bonds is 56. The van der Waals surface area contributed by atoms with Gasteiger partial charge >= 0.3 is 0 Å². The first kappa shape index (κ1) is 67.3. The number of nitrogens with one attached hydrogen (secondary N) is 1. The van der Waals surface area contributed by atoms with E-state index in [-0.39, 0.29) is 0 Å². The van der Waals surface area contributed by atoms with Gasteiger partial charge in [-0.25, -0.2) is 0 Å². The Morgan fingerprint density at radius 3 is 0.913 bits per heavy atom. The smallest absolute Gasteiger partial charge is 0.249 e. The normalized spacial score (nSPS) is 14.0. The molecule has 5 N–H and O–H groups in total. The van der Waals surface area contributed by atoms with E-state index in [1.54, 1.807) is 0 Å². The van der Waals surface area contributed by atoms with Crippen molar-refractivity contribution < 1.29 is 25.2 Å². The molecule has 0 fully saturated rings. The van der Waals surface area contributed by atoms with E-state index in [1.807, 2.05) is 0 Å². The van der Waals surface area contributed by atoms with E-state index in [1.165, 1.54) is 218 Å². The maximum absolute atomic E-state index is 12.6. The number of aliphatic hydroxyl groups excluding tert-OH is 4. The van der Waals surface area contributed by atoms with Gasteiger partial charge in [-0.15, -0.1) is 0 Å². The Bertz CT molecular complexity index is 1130. The Labute approximate surface area is 429 Å². The van der Waals surface area contributed by atoms with Crippen molar-refractivity contribution in [2.24, 2.45) is 0 Å². The summed E-state index contributed by atoms with van der Waals surface area (Å²) in [7, 11) is 0. The lowest BCUT2D eigenvalue weighted by atomic mass is 10.00. The summed E-state index contributed by atoms with van der Waals surface area (Å²) in [6, 6.07) is -1.02. The Balaban J connectivity index is 3.69. The van der Waals surface area contributed by atoms with E-state index >= 15 is 0 Å². The summed E-state index contributed by atoms with van der Waals surface area (Å²) < 4.78 is 0. The van der Waals surface area contributed by atoms with E-state index in [4.69, 9.17) is 0 Å². The van der Waals surface area contributed by atoms with E-state index in [0.29, 0.717) is 19.3 Å². The number of unbranched alkanes of at least 4 members (excludes halogenated alkanes) is 39. The molecule has 0 aromatic heterocycles. The van der Waals surface area contributed by atoms with Crippen LogP contribution in [0.1, 0.15) is 316 Å². The van der Waals surface area contributed by atoms with Crippen molar-refractivity contribution in [3.05, 3.63) is 48.6 Å². The fourth-order valence-electron chi connectivity index (χ4n) is 9.43. The van der Waals surface area contributed by atoms with Crippen LogP contribution in [0.2, 0.25) is 0 Å². The molecule has 4 unspecified atom stereocenters. The fourth-order valence-corrected chi connectivity index (χ4v) is 9.43. The van der Waals surface area contributed by atoms with Crippen LogP contribution in [0.4, 0.5) is 0 Å². The van der Waals surface area contributed by atoms with Gasteiger partial charge in [0.1, 0.15) is 12.2 Å². The fraction of sp³-hybridized carbons (Fsp3) is 0.857. The number of allylic oxidation sites excluding steroid dienone is 8. The van der Waals surface area contributed by atoms with E-state index in [0.717, 1.165) is 64.2 Å². The van der Waals surface area contributed by atoms with Gasteiger partial charge in [-0.05, 0) is 89.9 Å². The topological polar surface area (TPSA) is 110 Å². The lowest BCUT2D eigenvalue weighted by Crippen LogP contribution is -2.53. The van der Waals surface area contributed by atoms with E-state index in [9.17, 15) is 25.2 Å². The summed E-state index contributed by atoms with van der Waals surface area (Å²) in [6.45, 7) is 4.07. The molecule has 1 amide bonds. The number of aliphatic hydroxyl groups is 4. The van der Waals surface area contributed by atoms with Crippen molar-refractivity contribution in [3.8, 4) is 0 Å².